The molecule has 2 aromatic heterocycles. The van der Waals surface area contributed by atoms with Gasteiger partial charge in [0.25, 0.3) is 10.0 Å². The number of aromatic nitrogens is 4. The van der Waals surface area contributed by atoms with Crippen molar-refractivity contribution < 1.29 is 8.42 Å². The monoisotopic (exact) mass is 420 g/mol. The molecule has 0 aliphatic heterocycles. The van der Waals surface area contributed by atoms with E-state index in [2.05, 4.69) is 25.0 Å². The van der Waals surface area contributed by atoms with Crippen LogP contribution in [0.25, 0.3) is 5.82 Å². The van der Waals surface area contributed by atoms with Crippen LogP contribution in [0.2, 0.25) is 0 Å². The SMILES string of the molecule is Cc1ccc(S(=O)(=O)Nc2ccc(Nc3cc(-n4ccnc4)ncn3)cc2)cc1C. The zero-order chi connectivity index (χ0) is 21.1. The van der Waals surface area contributed by atoms with E-state index in [0.717, 1.165) is 16.8 Å². The Kier molecular flexibility index (Phi) is 5.20. The van der Waals surface area contributed by atoms with Gasteiger partial charge in [0.05, 0.1) is 4.90 Å². The van der Waals surface area contributed by atoms with Crippen molar-refractivity contribution in [3.05, 3.63) is 84.7 Å². The molecule has 0 aliphatic rings. The van der Waals surface area contributed by atoms with Crippen LogP contribution in [-0.4, -0.2) is 27.9 Å². The Labute approximate surface area is 174 Å². The highest BCUT2D eigenvalue weighted by molar-refractivity contribution is 7.92. The van der Waals surface area contributed by atoms with Gasteiger partial charge in [-0.1, -0.05) is 6.07 Å². The van der Waals surface area contributed by atoms with E-state index in [0.29, 0.717) is 17.3 Å². The summed E-state index contributed by atoms with van der Waals surface area (Å²) in [6, 6.07) is 13.8. The maximum Gasteiger partial charge on any atom is 0.261 e. The summed E-state index contributed by atoms with van der Waals surface area (Å²) < 4.78 is 29.7. The van der Waals surface area contributed by atoms with E-state index in [-0.39, 0.29) is 4.90 Å². The maximum absolute atomic E-state index is 12.6. The first kappa shape index (κ1) is 19.6. The average molecular weight is 420 g/mol. The van der Waals surface area contributed by atoms with Gasteiger partial charge in [0.2, 0.25) is 0 Å². The highest BCUT2D eigenvalue weighted by Gasteiger charge is 2.15. The third-order valence-electron chi connectivity index (χ3n) is 4.62. The fourth-order valence-electron chi connectivity index (χ4n) is 2.82. The van der Waals surface area contributed by atoms with Gasteiger partial charge in [0.1, 0.15) is 24.3 Å². The number of aryl methyl sites for hydroxylation is 2. The molecule has 0 saturated heterocycles. The minimum atomic E-state index is -3.65. The number of benzene rings is 2. The summed E-state index contributed by atoms with van der Waals surface area (Å²) in [6.07, 6.45) is 6.59. The fraction of sp³-hybridized carbons (Fsp3) is 0.0952. The summed E-state index contributed by atoms with van der Waals surface area (Å²) in [5, 5.41) is 3.18. The Bertz CT molecular complexity index is 1270. The first-order valence-electron chi connectivity index (χ1n) is 9.18. The molecule has 2 heterocycles. The molecule has 8 nitrogen and oxygen atoms in total. The lowest BCUT2D eigenvalue weighted by molar-refractivity contribution is 0.601. The second-order valence-electron chi connectivity index (χ2n) is 6.79. The van der Waals surface area contributed by atoms with E-state index in [1.54, 1.807) is 71.8 Å². The number of hydrogen-bond donors (Lipinski definition) is 2. The lowest BCUT2D eigenvalue weighted by Crippen LogP contribution is -2.13. The van der Waals surface area contributed by atoms with Gasteiger partial charge >= 0.3 is 0 Å². The molecular formula is C21H20N6O2S. The molecule has 0 bridgehead atoms. The third-order valence-corrected chi connectivity index (χ3v) is 6.00. The molecule has 0 saturated carbocycles. The van der Waals surface area contributed by atoms with Gasteiger partial charge in [-0.25, -0.2) is 23.4 Å². The summed E-state index contributed by atoms with van der Waals surface area (Å²) in [4.78, 5) is 12.7. The van der Waals surface area contributed by atoms with Crippen molar-refractivity contribution in [3.63, 3.8) is 0 Å². The normalized spacial score (nSPS) is 11.3. The van der Waals surface area contributed by atoms with Crippen molar-refractivity contribution in [2.45, 2.75) is 18.7 Å². The van der Waals surface area contributed by atoms with Gasteiger partial charge in [-0.15, -0.1) is 0 Å². The largest absolute Gasteiger partial charge is 0.340 e. The molecule has 0 unspecified atom stereocenters. The smallest absolute Gasteiger partial charge is 0.261 e. The first-order chi connectivity index (χ1) is 14.4. The molecule has 9 heteroatoms. The molecule has 0 atom stereocenters. The van der Waals surface area contributed by atoms with E-state index in [4.69, 9.17) is 0 Å². The predicted octanol–water partition coefficient (Wildman–Crippen LogP) is 3.82. The second kappa shape index (κ2) is 7.96. The summed E-state index contributed by atoms with van der Waals surface area (Å²) in [5.41, 5.74) is 3.21. The van der Waals surface area contributed by atoms with Crippen molar-refractivity contribution in [3.8, 4) is 5.82 Å². The molecule has 152 valence electrons. The first-order valence-corrected chi connectivity index (χ1v) is 10.7. The quantitative estimate of drug-likeness (QED) is 0.492. The van der Waals surface area contributed by atoms with Crippen LogP contribution in [0.4, 0.5) is 17.2 Å². The Hall–Kier alpha value is -3.72. The average Bonchev–Trinajstić information content (AvgIpc) is 3.26. The zero-order valence-electron chi connectivity index (χ0n) is 16.4. The van der Waals surface area contributed by atoms with E-state index < -0.39 is 10.0 Å². The molecule has 30 heavy (non-hydrogen) atoms. The summed E-state index contributed by atoms with van der Waals surface area (Å²) in [7, 11) is -3.65. The number of sulfonamides is 1. The van der Waals surface area contributed by atoms with Crippen molar-refractivity contribution in [1.29, 1.82) is 0 Å². The van der Waals surface area contributed by atoms with Gasteiger partial charge in [-0.05, 0) is 61.4 Å². The van der Waals surface area contributed by atoms with Gasteiger partial charge in [0.15, 0.2) is 0 Å². The Morgan fingerprint density at radius 1 is 0.900 bits per heavy atom. The van der Waals surface area contributed by atoms with E-state index in [1.165, 1.54) is 6.33 Å². The number of anilines is 3. The van der Waals surface area contributed by atoms with Crippen LogP contribution in [0.15, 0.2) is 78.5 Å². The molecule has 0 aliphatic carbocycles. The third kappa shape index (κ3) is 4.31. The Morgan fingerprint density at radius 2 is 1.67 bits per heavy atom. The zero-order valence-corrected chi connectivity index (χ0v) is 17.3. The van der Waals surface area contributed by atoms with Gasteiger partial charge in [0, 0.05) is 29.8 Å². The van der Waals surface area contributed by atoms with Crippen LogP contribution in [-0.2, 0) is 10.0 Å². The topological polar surface area (TPSA) is 102 Å². The number of rotatable bonds is 6. The highest BCUT2D eigenvalue weighted by Crippen LogP contribution is 2.22. The molecule has 4 aromatic rings. The highest BCUT2D eigenvalue weighted by atomic mass is 32.2. The minimum Gasteiger partial charge on any atom is -0.340 e. The number of nitrogens with zero attached hydrogens (tertiary/aromatic N) is 4. The number of nitrogens with one attached hydrogen (secondary N) is 2. The maximum atomic E-state index is 12.6. The summed E-state index contributed by atoms with van der Waals surface area (Å²) >= 11 is 0. The summed E-state index contributed by atoms with van der Waals surface area (Å²) in [6.45, 7) is 3.83. The van der Waals surface area contributed by atoms with Gasteiger partial charge in [-0.2, -0.15) is 0 Å². The van der Waals surface area contributed by atoms with Crippen LogP contribution in [0.3, 0.4) is 0 Å². The molecule has 2 aromatic carbocycles. The van der Waals surface area contributed by atoms with Crippen LogP contribution in [0.1, 0.15) is 11.1 Å². The molecule has 0 radical (unpaired) electrons. The van der Waals surface area contributed by atoms with E-state index in [9.17, 15) is 8.42 Å². The van der Waals surface area contributed by atoms with Crippen LogP contribution >= 0.6 is 0 Å². The van der Waals surface area contributed by atoms with Crippen molar-refractivity contribution in [2.75, 3.05) is 10.0 Å². The molecule has 2 N–H and O–H groups in total. The van der Waals surface area contributed by atoms with Crippen LogP contribution in [0.5, 0.6) is 0 Å². The minimum absolute atomic E-state index is 0.237. The van der Waals surface area contributed by atoms with Gasteiger partial charge in [-0.3, -0.25) is 9.29 Å². The van der Waals surface area contributed by atoms with Crippen LogP contribution in [0, 0.1) is 13.8 Å². The molecular weight excluding hydrogens is 400 g/mol. The molecule has 0 spiro atoms. The summed E-state index contributed by atoms with van der Waals surface area (Å²) in [5.74, 6) is 1.29. The fourth-order valence-corrected chi connectivity index (χ4v) is 3.96. The van der Waals surface area contributed by atoms with Crippen LogP contribution < -0.4 is 10.0 Å². The second-order valence-corrected chi connectivity index (χ2v) is 8.47. The van der Waals surface area contributed by atoms with Crippen molar-refractivity contribution >= 4 is 27.2 Å². The lowest BCUT2D eigenvalue weighted by atomic mass is 10.1. The van der Waals surface area contributed by atoms with Gasteiger partial charge < -0.3 is 5.32 Å². The number of hydrogen-bond acceptors (Lipinski definition) is 6. The molecule has 0 fully saturated rings. The Balaban J connectivity index is 1.48. The van der Waals surface area contributed by atoms with E-state index in [1.807, 2.05) is 13.8 Å². The molecule has 4 rings (SSSR count). The standard InChI is InChI=1S/C21H20N6O2S/c1-15-3-8-19(11-16(15)2)30(28,29)26-18-6-4-17(5-7-18)25-20-12-21(24-13-23-20)27-10-9-22-14-27/h3-14,26H,1-2H3,(H,23,24,25). The predicted molar refractivity (Wildman–Crippen MR) is 116 cm³/mol. The van der Waals surface area contributed by atoms with Crippen molar-refractivity contribution in [2.24, 2.45) is 0 Å². The number of imidazole rings is 1. The Morgan fingerprint density at radius 3 is 2.37 bits per heavy atom. The van der Waals surface area contributed by atoms with E-state index >= 15 is 0 Å². The molecule has 0 amide bonds. The lowest BCUT2D eigenvalue weighted by Gasteiger charge is -2.11. The van der Waals surface area contributed by atoms with Crippen molar-refractivity contribution in [1.82, 2.24) is 19.5 Å².